The summed E-state index contributed by atoms with van der Waals surface area (Å²) in [4.78, 5) is 24.5. The molecule has 1 fully saturated rings. The normalized spacial score (nSPS) is 22.2. The summed E-state index contributed by atoms with van der Waals surface area (Å²) in [6, 6.07) is 13.8. The standard InChI is InChI=1S/C24H30O4/c1-16(2)20-12-11-17(3)13-22(20)28-24(26)15-27-23(25)14-19-9-6-8-18-7-4-5-10-21(18)19/h4-10,16-17,20,22H,11-15H2,1-3H3/t17-,20+,22+/m1/s1. The lowest BCUT2D eigenvalue weighted by molar-refractivity contribution is -0.166. The third-order valence-electron chi connectivity index (χ3n) is 5.81. The number of esters is 2. The van der Waals surface area contributed by atoms with E-state index in [1.807, 2.05) is 42.5 Å². The molecule has 0 radical (unpaired) electrons. The van der Waals surface area contributed by atoms with Gasteiger partial charge in [-0.1, -0.05) is 69.7 Å². The first-order valence-electron chi connectivity index (χ1n) is 10.3. The summed E-state index contributed by atoms with van der Waals surface area (Å²) in [7, 11) is 0. The molecule has 0 aliphatic heterocycles. The molecule has 0 N–H and O–H groups in total. The van der Waals surface area contributed by atoms with Crippen LogP contribution in [0.4, 0.5) is 0 Å². The fourth-order valence-corrected chi connectivity index (χ4v) is 4.25. The Morgan fingerprint density at radius 1 is 1.04 bits per heavy atom. The molecule has 1 aliphatic carbocycles. The molecule has 0 unspecified atom stereocenters. The van der Waals surface area contributed by atoms with Crippen LogP contribution in [0.2, 0.25) is 0 Å². The molecule has 150 valence electrons. The van der Waals surface area contributed by atoms with Crippen LogP contribution in [0.5, 0.6) is 0 Å². The maximum atomic E-state index is 12.3. The molecule has 2 aromatic rings. The number of hydrogen-bond acceptors (Lipinski definition) is 4. The van der Waals surface area contributed by atoms with Gasteiger partial charge in [-0.2, -0.15) is 0 Å². The minimum atomic E-state index is -0.448. The predicted molar refractivity (Wildman–Crippen MR) is 110 cm³/mol. The number of carbonyl (C=O) groups excluding carboxylic acids is 2. The highest BCUT2D eigenvalue weighted by molar-refractivity contribution is 5.89. The van der Waals surface area contributed by atoms with Crippen LogP contribution in [-0.2, 0) is 25.5 Å². The minimum absolute atomic E-state index is 0.0759. The lowest BCUT2D eigenvalue weighted by atomic mass is 9.75. The molecule has 0 spiro atoms. The fourth-order valence-electron chi connectivity index (χ4n) is 4.25. The van der Waals surface area contributed by atoms with Gasteiger partial charge in [-0.3, -0.25) is 4.79 Å². The maximum absolute atomic E-state index is 12.3. The first-order valence-corrected chi connectivity index (χ1v) is 10.3. The Bertz CT molecular complexity index is 821. The van der Waals surface area contributed by atoms with Gasteiger partial charge in [-0.25, -0.2) is 4.79 Å². The summed E-state index contributed by atoms with van der Waals surface area (Å²) in [6.45, 7) is 6.22. The second kappa shape index (κ2) is 9.22. The van der Waals surface area contributed by atoms with Crippen molar-refractivity contribution in [1.82, 2.24) is 0 Å². The first-order chi connectivity index (χ1) is 13.4. The quantitative estimate of drug-likeness (QED) is 0.665. The highest BCUT2D eigenvalue weighted by atomic mass is 16.6. The number of ether oxygens (including phenoxy) is 2. The van der Waals surface area contributed by atoms with E-state index in [9.17, 15) is 9.59 Å². The zero-order valence-electron chi connectivity index (χ0n) is 17.0. The van der Waals surface area contributed by atoms with E-state index in [0.29, 0.717) is 17.8 Å². The zero-order chi connectivity index (χ0) is 20.1. The predicted octanol–water partition coefficient (Wildman–Crippen LogP) is 4.93. The van der Waals surface area contributed by atoms with Crippen molar-refractivity contribution in [1.29, 1.82) is 0 Å². The van der Waals surface area contributed by atoms with E-state index in [1.54, 1.807) is 0 Å². The molecule has 1 saturated carbocycles. The Kier molecular flexibility index (Phi) is 6.71. The molecular weight excluding hydrogens is 352 g/mol. The fraction of sp³-hybridized carbons (Fsp3) is 0.500. The molecule has 3 atom stereocenters. The van der Waals surface area contributed by atoms with E-state index in [0.717, 1.165) is 29.2 Å². The third-order valence-corrected chi connectivity index (χ3v) is 5.81. The highest BCUT2D eigenvalue weighted by Gasteiger charge is 2.33. The molecule has 0 bridgehead atoms. The average molecular weight is 383 g/mol. The highest BCUT2D eigenvalue weighted by Crippen LogP contribution is 2.35. The summed E-state index contributed by atoms with van der Waals surface area (Å²) >= 11 is 0. The number of hydrogen-bond donors (Lipinski definition) is 0. The van der Waals surface area contributed by atoms with Crippen LogP contribution in [0.1, 0.15) is 45.6 Å². The van der Waals surface area contributed by atoms with E-state index in [1.165, 1.54) is 6.42 Å². The van der Waals surface area contributed by atoms with Crippen LogP contribution in [0, 0.1) is 17.8 Å². The summed E-state index contributed by atoms with van der Waals surface area (Å²) in [5.74, 6) is 0.550. The van der Waals surface area contributed by atoms with E-state index in [4.69, 9.17) is 9.47 Å². The lowest BCUT2D eigenvalue weighted by Crippen LogP contribution is -2.36. The Morgan fingerprint density at radius 3 is 2.57 bits per heavy atom. The second-order valence-electron chi connectivity index (χ2n) is 8.33. The third kappa shape index (κ3) is 5.12. The SMILES string of the molecule is CC(C)[C@@H]1CC[C@@H](C)C[C@@H]1OC(=O)COC(=O)Cc1cccc2ccccc12. The van der Waals surface area contributed by atoms with Crippen molar-refractivity contribution < 1.29 is 19.1 Å². The van der Waals surface area contributed by atoms with Crippen molar-refractivity contribution in [3.63, 3.8) is 0 Å². The Balaban J connectivity index is 1.53. The molecule has 28 heavy (non-hydrogen) atoms. The van der Waals surface area contributed by atoms with Crippen LogP contribution in [0.15, 0.2) is 42.5 Å². The summed E-state index contributed by atoms with van der Waals surface area (Å²) in [5.41, 5.74) is 0.900. The van der Waals surface area contributed by atoms with Gasteiger partial charge in [0.25, 0.3) is 0 Å². The van der Waals surface area contributed by atoms with Gasteiger partial charge in [-0.15, -0.1) is 0 Å². The number of fused-ring (bicyclic) bond motifs is 1. The summed E-state index contributed by atoms with van der Waals surface area (Å²) in [6.07, 6.45) is 3.21. The molecule has 1 aliphatic rings. The molecule has 4 heteroatoms. The van der Waals surface area contributed by atoms with Crippen LogP contribution >= 0.6 is 0 Å². The molecule has 0 saturated heterocycles. The Hall–Kier alpha value is -2.36. The van der Waals surface area contributed by atoms with Crippen LogP contribution < -0.4 is 0 Å². The second-order valence-corrected chi connectivity index (χ2v) is 8.33. The number of benzene rings is 2. The van der Waals surface area contributed by atoms with Crippen molar-refractivity contribution >= 4 is 22.7 Å². The molecule has 2 aromatic carbocycles. The maximum Gasteiger partial charge on any atom is 0.344 e. The summed E-state index contributed by atoms with van der Waals surface area (Å²) < 4.78 is 10.9. The van der Waals surface area contributed by atoms with E-state index in [-0.39, 0.29) is 19.1 Å². The Labute approximate surface area is 167 Å². The van der Waals surface area contributed by atoms with Gasteiger partial charge < -0.3 is 9.47 Å². The zero-order valence-corrected chi connectivity index (χ0v) is 17.0. The largest absolute Gasteiger partial charge is 0.460 e. The molecule has 0 heterocycles. The molecule has 0 aromatic heterocycles. The number of carbonyl (C=O) groups is 2. The van der Waals surface area contributed by atoms with Crippen LogP contribution in [-0.4, -0.2) is 24.6 Å². The Morgan fingerprint density at radius 2 is 1.79 bits per heavy atom. The number of rotatable bonds is 6. The lowest BCUT2D eigenvalue weighted by Gasteiger charge is -2.36. The monoisotopic (exact) mass is 382 g/mol. The smallest absolute Gasteiger partial charge is 0.344 e. The van der Waals surface area contributed by atoms with Gasteiger partial charge in [0.05, 0.1) is 6.42 Å². The van der Waals surface area contributed by atoms with Crippen molar-refractivity contribution in [2.45, 2.75) is 52.6 Å². The van der Waals surface area contributed by atoms with Crippen LogP contribution in [0.25, 0.3) is 10.8 Å². The average Bonchev–Trinajstić information content (AvgIpc) is 2.66. The van der Waals surface area contributed by atoms with E-state index >= 15 is 0 Å². The summed E-state index contributed by atoms with van der Waals surface area (Å²) in [5, 5.41) is 2.11. The van der Waals surface area contributed by atoms with Gasteiger partial charge >= 0.3 is 11.9 Å². The van der Waals surface area contributed by atoms with Gasteiger partial charge in [-0.05, 0) is 46.9 Å². The van der Waals surface area contributed by atoms with Crippen molar-refractivity contribution in [2.24, 2.45) is 17.8 Å². The molecule has 4 nitrogen and oxygen atoms in total. The first kappa shape index (κ1) is 20.4. The minimum Gasteiger partial charge on any atom is -0.460 e. The van der Waals surface area contributed by atoms with Crippen molar-refractivity contribution in [2.75, 3.05) is 6.61 Å². The van der Waals surface area contributed by atoms with Gasteiger partial charge in [0.15, 0.2) is 6.61 Å². The van der Waals surface area contributed by atoms with E-state index in [2.05, 4.69) is 20.8 Å². The van der Waals surface area contributed by atoms with Gasteiger partial charge in [0, 0.05) is 0 Å². The van der Waals surface area contributed by atoms with Crippen LogP contribution in [0.3, 0.4) is 0 Å². The van der Waals surface area contributed by atoms with Gasteiger partial charge in [0.2, 0.25) is 0 Å². The van der Waals surface area contributed by atoms with E-state index < -0.39 is 11.9 Å². The molecule has 0 amide bonds. The van der Waals surface area contributed by atoms with Crippen molar-refractivity contribution in [3.05, 3.63) is 48.0 Å². The van der Waals surface area contributed by atoms with Gasteiger partial charge in [0.1, 0.15) is 6.10 Å². The topological polar surface area (TPSA) is 52.6 Å². The van der Waals surface area contributed by atoms with Crippen molar-refractivity contribution in [3.8, 4) is 0 Å². The molecule has 3 rings (SSSR count). The molecular formula is C24H30O4.